The Kier molecular flexibility index (Phi) is 4.26. The van der Waals surface area contributed by atoms with Crippen molar-refractivity contribution in [1.29, 1.82) is 0 Å². The Bertz CT molecular complexity index is 476. The van der Waals surface area contributed by atoms with Crippen molar-refractivity contribution in [2.75, 3.05) is 0 Å². The summed E-state index contributed by atoms with van der Waals surface area (Å²) in [4.78, 5) is 4.61. The molecule has 1 aliphatic rings. The number of ether oxygens (including phenoxy) is 1. The van der Waals surface area contributed by atoms with Crippen molar-refractivity contribution in [2.24, 2.45) is 0 Å². The molecule has 1 saturated carbocycles. The van der Waals surface area contributed by atoms with E-state index in [0.717, 1.165) is 30.0 Å². The average Bonchev–Trinajstić information content (AvgIpc) is 3.12. The Morgan fingerprint density at radius 1 is 1.25 bits per heavy atom. The van der Waals surface area contributed by atoms with E-state index in [1.54, 1.807) is 0 Å². The topological polar surface area (TPSA) is 31.4 Å². The number of aromatic nitrogens is 1. The first-order valence-electron chi connectivity index (χ1n) is 7.46. The van der Waals surface area contributed by atoms with Crippen molar-refractivity contribution in [2.45, 2.75) is 71.4 Å². The maximum atomic E-state index is 6.27. The van der Waals surface area contributed by atoms with E-state index in [1.807, 2.05) is 19.1 Å². The predicted molar refractivity (Wildman–Crippen MR) is 84.6 cm³/mol. The molecule has 0 saturated heterocycles. The molecule has 0 radical (unpaired) electrons. The zero-order chi connectivity index (χ0) is 15.0. The van der Waals surface area contributed by atoms with Crippen LogP contribution in [0, 0.1) is 6.92 Å². The standard InChI is InChI=1S/C16H27NO2Si/c1-12-7-10-15(19-13-8-9-13)14(17-12)11-18-20(5,6)16(2,3)4/h7,10,13H,8-9,11H2,1-6H3. The lowest BCUT2D eigenvalue weighted by molar-refractivity contribution is 0.251. The van der Waals surface area contributed by atoms with Gasteiger partial charge in [-0.3, -0.25) is 4.98 Å². The first-order valence-corrected chi connectivity index (χ1v) is 10.4. The van der Waals surface area contributed by atoms with Gasteiger partial charge in [-0.2, -0.15) is 0 Å². The third-order valence-corrected chi connectivity index (χ3v) is 8.74. The first-order chi connectivity index (χ1) is 9.19. The summed E-state index contributed by atoms with van der Waals surface area (Å²) < 4.78 is 12.2. The number of aryl methyl sites for hydroxylation is 1. The monoisotopic (exact) mass is 293 g/mol. The van der Waals surface area contributed by atoms with Crippen LogP contribution in [-0.2, 0) is 11.0 Å². The molecule has 3 nitrogen and oxygen atoms in total. The van der Waals surface area contributed by atoms with Crippen LogP contribution in [0.4, 0.5) is 0 Å². The number of hydrogen-bond acceptors (Lipinski definition) is 3. The molecule has 1 aromatic heterocycles. The summed E-state index contributed by atoms with van der Waals surface area (Å²) in [5.74, 6) is 0.900. The molecular weight excluding hydrogens is 266 g/mol. The van der Waals surface area contributed by atoms with Crippen LogP contribution in [0.3, 0.4) is 0 Å². The SMILES string of the molecule is Cc1ccc(OC2CC2)c(CO[Si](C)(C)C(C)(C)C)n1. The summed E-state index contributed by atoms with van der Waals surface area (Å²) in [6.45, 7) is 13.9. The molecule has 0 N–H and O–H groups in total. The van der Waals surface area contributed by atoms with Crippen LogP contribution < -0.4 is 4.74 Å². The lowest BCUT2D eigenvalue weighted by atomic mass is 10.2. The smallest absolute Gasteiger partial charge is 0.192 e. The summed E-state index contributed by atoms with van der Waals surface area (Å²) in [5.41, 5.74) is 1.96. The largest absolute Gasteiger partial charge is 0.488 e. The van der Waals surface area contributed by atoms with Gasteiger partial charge in [-0.1, -0.05) is 20.8 Å². The van der Waals surface area contributed by atoms with Gasteiger partial charge < -0.3 is 9.16 Å². The average molecular weight is 293 g/mol. The molecule has 0 bridgehead atoms. The fourth-order valence-corrected chi connectivity index (χ4v) is 2.57. The van der Waals surface area contributed by atoms with Crippen LogP contribution in [0.5, 0.6) is 5.75 Å². The Morgan fingerprint density at radius 2 is 1.90 bits per heavy atom. The number of rotatable bonds is 5. The van der Waals surface area contributed by atoms with Crippen LogP contribution >= 0.6 is 0 Å². The normalized spacial score (nSPS) is 16.3. The van der Waals surface area contributed by atoms with Crippen LogP contribution in [0.25, 0.3) is 0 Å². The van der Waals surface area contributed by atoms with Gasteiger partial charge in [-0.15, -0.1) is 0 Å². The Labute approximate surface area is 123 Å². The number of hydrogen-bond donors (Lipinski definition) is 0. The molecule has 0 unspecified atom stereocenters. The van der Waals surface area contributed by atoms with E-state index in [-0.39, 0.29) is 5.04 Å². The third-order valence-electron chi connectivity index (χ3n) is 4.27. The minimum Gasteiger partial charge on any atom is -0.488 e. The Balaban J connectivity index is 2.09. The lowest BCUT2D eigenvalue weighted by Gasteiger charge is -2.36. The van der Waals surface area contributed by atoms with E-state index in [1.165, 1.54) is 0 Å². The Morgan fingerprint density at radius 3 is 2.45 bits per heavy atom. The van der Waals surface area contributed by atoms with E-state index in [2.05, 4.69) is 38.8 Å². The fourth-order valence-electron chi connectivity index (χ4n) is 1.64. The molecule has 2 rings (SSSR count). The molecule has 1 aromatic rings. The molecule has 0 aliphatic heterocycles. The molecule has 0 atom stereocenters. The second kappa shape index (κ2) is 5.49. The lowest BCUT2D eigenvalue weighted by Crippen LogP contribution is -2.40. The van der Waals surface area contributed by atoms with E-state index in [4.69, 9.17) is 9.16 Å². The van der Waals surface area contributed by atoms with Gasteiger partial charge in [-0.05, 0) is 50.0 Å². The van der Waals surface area contributed by atoms with E-state index >= 15 is 0 Å². The van der Waals surface area contributed by atoms with Crippen molar-refractivity contribution in [3.63, 3.8) is 0 Å². The molecule has 4 heteroatoms. The van der Waals surface area contributed by atoms with Gasteiger partial charge in [0.2, 0.25) is 0 Å². The summed E-state index contributed by atoms with van der Waals surface area (Å²) >= 11 is 0. The van der Waals surface area contributed by atoms with Crippen molar-refractivity contribution >= 4 is 8.32 Å². The van der Waals surface area contributed by atoms with Gasteiger partial charge in [0.15, 0.2) is 8.32 Å². The highest BCUT2D eigenvalue weighted by atomic mass is 28.4. The third kappa shape index (κ3) is 3.82. The molecule has 1 fully saturated rings. The highest BCUT2D eigenvalue weighted by Gasteiger charge is 2.37. The quantitative estimate of drug-likeness (QED) is 0.751. The van der Waals surface area contributed by atoms with Gasteiger partial charge in [0.05, 0.1) is 12.7 Å². The second-order valence-electron chi connectivity index (χ2n) is 7.26. The van der Waals surface area contributed by atoms with Crippen LogP contribution in [-0.4, -0.2) is 19.4 Å². The highest BCUT2D eigenvalue weighted by molar-refractivity contribution is 6.74. The zero-order valence-electron chi connectivity index (χ0n) is 13.6. The number of nitrogens with zero attached hydrogens (tertiary/aromatic N) is 1. The molecule has 0 amide bonds. The van der Waals surface area contributed by atoms with Gasteiger partial charge in [0.25, 0.3) is 0 Å². The fraction of sp³-hybridized carbons (Fsp3) is 0.688. The van der Waals surface area contributed by atoms with Crippen LogP contribution in [0.1, 0.15) is 45.0 Å². The minimum absolute atomic E-state index is 0.217. The molecule has 112 valence electrons. The molecular formula is C16H27NO2Si. The summed E-state index contributed by atoms with van der Waals surface area (Å²) in [6.07, 6.45) is 2.72. The van der Waals surface area contributed by atoms with Gasteiger partial charge in [-0.25, -0.2) is 0 Å². The number of pyridine rings is 1. The van der Waals surface area contributed by atoms with E-state index in [0.29, 0.717) is 12.7 Å². The molecule has 0 aromatic carbocycles. The van der Waals surface area contributed by atoms with Crippen LogP contribution in [0.15, 0.2) is 12.1 Å². The van der Waals surface area contributed by atoms with Crippen molar-refractivity contribution < 1.29 is 9.16 Å². The van der Waals surface area contributed by atoms with E-state index in [9.17, 15) is 0 Å². The van der Waals surface area contributed by atoms with E-state index < -0.39 is 8.32 Å². The van der Waals surface area contributed by atoms with Gasteiger partial charge in [0, 0.05) is 5.69 Å². The first kappa shape index (κ1) is 15.5. The predicted octanol–water partition coefficient (Wildman–Crippen LogP) is 4.45. The molecule has 0 spiro atoms. The van der Waals surface area contributed by atoms with Crippen LogP contribution in [0.2, 0.25) is 18.1 Å². The summed E-state index contributed by atoms with van der Waals surface area (Å²) in [7, 11) is -1.75. The summed E-state index contributed by atoms with van der Waals surface area (Å²) in [5, 5.41) is 0.217. The maximum absolute atomic E-state index is 6.27. The molecule has 1 heterocycles. The zero-order valence-corrected chi connectivity index (χ0v) is 14.6. The van der Waals surface area contributed by atoms with Gasteiger partial charge in [0.1, 0.15) is 11.4 Å². The van der Waals surface area contributed by atoms with Crippen molar-refractivity contribution in [3.05, 3.63) is 23.5 Å². The summed E-state index contributed by atoms with van der Waals surface area (Å²) in [6, 6.07) is 4.04. The molecule has 1 aliphatic carbocycles. The van der Waals surface area contributed by atoms with Crippen molar-refractivity contribution in [3.8, 4) is 5.75 Å². The second-order valence-corrected chi connectivity index (χ2v) is 12.1. The minimum atomic E-state index is -1.75. The molecule has 20 heavy (non-hydrogen) atoms. The maximum Gasteiger partial charge on any atom is 0.192 e. The van der Waals surface area contributed by atoms with Gasteiger partial charge >= 0.3 is 0 Å². The highest BCUT2D eigenvalue weighted by Crippen LogP contribution is 2.37. The van der Waals surface area contributed by atoms with Crippen molar-refractivity contribution in [1.82, 2.24) is 4.98 Å². The Hall–Kier alpha value is -0.873.